The highest BCUT2D eigenvalue weighted by Gasteiger charge is 2.33. The lowest BCUT2D eigenvalue weighted by Crippen LogP contribution is -2.06. The second kappa shape index (κ2) is 4.10. The number of alkyl halides is 3. The van der Waals surface area contributed by atoms with Crippen LogP contribution in [-0.2, 0) is 6.18 Å². The minimum absolute atomic E-state index is 0.303. The van der Waals surface area contributed by atoms with E-state index in [4.69, 9.17) is 11.6 Å². The molecule has 1 heterocycles. The van der Waals surface area contributed by atoms with Gasteiger partial charge in [-0.15, -0.1) is 0 Å². The number of fused-ring (bicyclic) bond motifs is 2. The lowest BCUT2D eigenvalue weighted by molar-refractivity contribution is -0.137. The number of hydrogen-bond acceptors (Lipinski definition) is 1. The van der Waals surface area contributed by atoms with Gasteiger partial charge >= 0.3 is 6.18 Å². The molecule has 0 N–H and O–H groups in total. The van der Waals surface area contributed by atoms with E-state index in [1.165, 1.54) is 6.07 Å². The molecule has 0 unspecified atom stereocenters. The third-order valence-electron chi connectivity index (χ3n) is 2.94. The number of nitrogens with zero attached hydrogens (tertiary/aromatic N) is 1. The van der Waals surface area contributed by atoms with Crippen molar-refractivity contribution in [2.24, 2.45) is 0 Å². The first kappa shape index (κ1) is 12.2. The highest BCUT2D eigenvalue weighted by Crippen LogP contribution is 2.38. The molecule has 2 aromatic carbocycles. The quantitative estimate of drug-likeness (QED) is 0.525. The zero-order valence-corrected chi connectivity index (χ0v) is 10.3. The molecular weight excluding hydrogens is 275 g/mol. The Bertz CT molecular complexity index is 781. The third kappa shape index (κ3) is 2.02. The molecule has 0 bridgehead atoms. The molecule has 1 aromatic heterocycles. The van der Waals surface area contributed by atoms with Crippen LogP contribution in [-0.4, -0.2) is 4.98 Å². The summed E-state index contributed by atoms with van der Waals surface area (Å²) in [6.45, 7) is 0. The van der Waals surface area contributed by atoms with Crippen molar-refractivity contribution in [1.29, 1.82) is 0 Å². The number of benzene rings is 2. The molecule has 0 radical (unpaired) electrons. The SMILES string of the molecule is FC(F)(F)c1ccc2nc3ccccc3cc2c1Cl. The molecule has 3 aromatic rings. The van der Waals surface area contributed by atoms with Gasteiger partial charge in [-0.2, -0.15) is 13.2 Å². The van der Waals surface area contributed by atoms with Crippen molar-refractivity contribution in [3.8, 4) is 0 Å². The normalized spacial score (nSPS) is 12.2. The van der Waals surface area contributed by atoms with Gasteiger partial charge in [0.1, 0.15) is 0 Å². The molecule has 0 saturated carbocycles. The molecule has 0 fully saturated rings. The average molecular weight is 282 g/mol. The van der Waals surface area contributed by atoms with Gasteiger partial charge in [0.2, 0.25) is 0 Å². The van der Waals surface area contributed by atoms with E-state index in [0.29, 0.717) is 10.9 Å². The summed E-state index contributed by atoms with van der Waals surface area (Å²) in [7, 11) is 0. The molecule has 0 amide bonds. The van der Waals surface area contributed by atoms with Crippen LogP contribution in [0.3, 0.4) is 0 Å². The Labute approximate surface area is 111 Å². The highest BCUT2D eigenvalue weighted by atomic mass is 35.5. The van der Waals surface area contributed by atoms with Crippen LogP contribution in [0.5, 0.6) is 0 Å². The number of aromatic nitrogens is 1. The van der Waals surface area contributed by atoms with Crippen LogP contribution in [0.4, 0.5) is 13.2 Å². The molecular formula is C14H7ClF3N. The second-order valence-corrected chi connectivity index (χ2v) is 4.55. The first-order valence-electron chi connectivity index (χ1n) is 5.52. The molecule has 96 valence electrons. The van der Waals surface area contributed by atoms with Gasteiger partial charge in [0, 0.05) is 10.8 Å². The van der Waals surface area contributed by atoms with Gasteiger partial charge in [-0.3, -0.25) is 0 Å². The van der Waals surface area contributed by atoms with E-state index in [2.05, 4.69) is 4.98 Å². The Balaban J connectivity index is 2.39. The molecule has 1 nitrogen and oxygen atoms in total. The summed E-state index contributed by atoms with van der Waals surface area (Å²) >= 11 is 5.87. The summed E-state index contributed by atoms with van der Waals surface area (Å²) < 4.78 is 38.4. The Hall–Kier alpha value is -1.81. The van der Waals surface area contributed by atoms with E-state index in [1.54, 1.807) is 24.3 Å². The van der Waals surface area contributed by atoms with Gasteiger partial charge in [0.05, 0.1) is 21.6 Å². The maximum absolute atomic E-state index is 12.8. The fraction of sp³-hybridized carbons (Fsp3) is 0.0714. The predicted octanol–water partition coefficient (Wildman–Crippen LogP) is 5.06. The van der Waals surface area contributed by atoms with E-state index in [1.807, 2.05) is 6.07 Å². The molecule has 0 spiro atoms. The minimum Gasteiger partial charge on any atom is -0.248 e. The largest absolute Gasteiger partial charge is 0.417 e. The molecule has 0 aliphatic rings. The molecule has 19 heavy (non-hydrogen) atoms. The molecule has 0 aliphatic heterocycles. The van der Waals surface area contributed by atoms with Crippen LogP contribution in [0.25, 0.3) is 21.8 Å². The van der Waals surface area contributed by atoms with Crippen molar-refractivity contribution >= 4 is 33.4 Å². The lowest BCUT2D eigenvalue weighted by Gasteiger charge is -2.11. The van der Waals surface area contributed by atoms with E-state index in [0.717, 1.165) is 17.0 Å². The number of halogens is 4. The second-order valence-electron chi connectivity index (χ2n) is 4.17. The van der Waals surface area contributed by atoms with Crippen molar-refractivity contribution in [2.75, 3.05) is 0 Å². The summed E-state index contributed by atoms with van der Waals surface area (Å²) in [5, 5.41) is 0.773. The zero-order valence-electron chi connectivity index (χ0n) is 9.50. The summed E-state index contributed by atoms with van der Waals surface area (Å²) in [4.78, 5) is 4.31. The summed E-state index contributed by atoms with van der Waals surface area (Å²) in [5.41, 5.74) is 0.348. The van der Waals surface area contributed by atoms with E-state index >= 15 is 0 Å². The van der Waals surface area contributed by atoms with Crippen molar-refractivity contribution in [2.45, 2.75) is 6.18 Å². The van der Waals surface area contributed by atoms with Crippen molar-refractivity contribution in [3.63, 3.8) is 0 Å². The Morgan fingerprint density at radius 2 is 1.68 bits per heavy atom. The molecule has 0 saturated heterocycles. The Kier molecular flexibility index (Phi) is 2.64. The standard InChI is InChI=1S/C14H7ClF3N/c15-13-9-7-8-3-1-2-4-11(8)19-12(9)6-5-10(13)14(16,17)18/h1-7H. The highest BCUT2D eigenvalue weighted by molar-refractivity contribution is 6.36. The fourth-order valence-corrected chi connectivity index (χ4v) is 2.35. The van der Waals surface area contributed by atoms with E-state index in [-0.39, 0.29) is 5.02 Å². The van der Waals surface area contributed by atoms with Crippen LogP contribution < -0.4 is 0 Å². The van der Waals surface area contributed by atoms with Crippen LogP contribution >= 0.6 is 11.6 Å². The first-order valence-corrected chi connectivity index (χ1v) is 5.90. The molecule has 5 heteroatoms. The van der Waals surface area contributed by atoms with Crippen LogP contribution in [0.1, 0.15) is 5.56 Å². The molecule has 3 rings (SSSR count). The number of rotatable bonds is 0. The van der Waals surface area contributed by atoms with Gasteiger partial charge in [0.15, 0.2) is 0 Å². The molecule has 0 aliphatic carbocycles. The summed E-state index contributed by atoms with van der Waals surface area (Å²) in [6.07, 6.45) is -4.46. The zero-order chi connectivity index (χ0) is 13.6. The van der Waals surface area contributed by atoms with Crippen molar-refractivity contribution in [3.05, 3.63) is 53.1 Å². The molecule has 0 atom stereocenters. The maximum atomic E-state index is 12.8. The lowest BCUT2D eigenvalue weighted by atomic mass is 10.1. The van der Waals surface area contributed by atoms with Crippen molar-refractivity contribution in [1.82, 2.24) is 4.98 Å². The summed E-state index contributed by atoms with van der Waals surface area (Å²) in [5.74, 6) is 0. The first-order chi connectivity index (χ1) is 8.97. The van der Waals surface area contributed by atoms with Gasteiger partial charge in [-0.1, -0.05) is 29.8 Å². The van der Waals surface area contributed by atoms with Gasteiger partial charge in [-0.05, 0) is 24.3 Å². The number of hydrogen-bond donors (Lipinski definition) is 0. The Morgan fingerprint density at radius 3 is 2.42 bits per heavy atom. The van der Waals surface area contributed by atoms with Crippen LogP contribution in [0.2, 0.25) is 5.02 Å². The van der Waals surface area contributed by atoms with Gasteiger partial charge in [-0.25, -0.2) is 4.98 Å². The predicted molar refractivity (Wildman–Crippen MR) is 69.3 cm³/mol. The monoisotopic (exact) mass is 281 g/mol. The minimum atomic E-state index is -4.46. The van der Waals surface area contributed by atoms with Crippen LogP contribution in [0, 0.1) is 0 Å². The third-order valence-corrected chi connectivity index (χ3v) is 3.35. The van der Waals surface area contributed by atoms with Crippen molar-refractivity contribution < 1.29 is 13.2 Å². The average Bonchev–Trinajstić information content (AvgIpc) is 2.36. The van der Waals surface area contributed by atoms with E-state index in [9.17, 15) is 13.2 Å². The number of para-hydroxylation sites is 1. The maximum Gasteiger partial charge on any atom is 0.417 e. The van der Waals surface area contributed by atoms with Gasteiger partial charge in [0.25, 0.3) is 0 Å². The Morgan fingerprint density at radius 1 is 0.947 bits per heavy atom. The topological polar surface area (TPSA) is 12.9 Å². The number of pyridine rings is 1. The smallest absolute Gasteiger partial charge is 0.248 e. The van der Waals surface area contributed by atoms with Crippen LogP contribution in [0.15, 0.2) is 42.5 Å². The van der Waals surface area contributed by atoms with E-state index < -0.39 is 11.7 Å². The summed E-state index contributed by atoms with van der Waals surface area (Å²) in [6, 6.07) is 11.2. The fourth-order valence-electron chi connectivity index (χ4n) is 2.03. The van der Waals surface area contributed by atoms with Gasteiger partial charge < -0.3 is 0 Å².